The second kappa shape index (κ2) is 6.80. The van der Waals surface area contributed by atoms with Gasteiger partial charge in [-0.2, -0.15) is 16.7 Å². The van der Waals surface area contributed by atoms with E-state index >= 15 is 0 Å². The number of aromatic nitrogens is 2. The number of rotatable bonds is 5. The van der Waals surface area contributed by atoms with Gasteiger partial charge in [0.1, 0.15) is 11.4 Å². The minimum Gasteiger partial charge on any atom is -0.493 e. The summed E-state index contributed by atoms with van der Waals surface area (Å²) in [5, 5.41) is 10.1. The zero-order valence-corrected chi connectivity index (χ0v) is 13.3. The minimum atomic E-state index is -0.294. The molecule has 0 atom stereocenters. The lowest BCUT2D eigenvalue weighted by atomic mass is 10.0. The van der Waals surface area contributed by atoms with E-state index in [0.29, 0.717) is 23.1 Å². The Balaban J connectivity index is 2.30. The maximum atomic E-state index is 12.2. The summed E-state index contributed by atoms with van der Waals surface area (Å²) in [7, 11) is 0. The molecular weight excluding hydrogens is 284 g/mol. The lowest BCUT2D eigenvalue weighted by Crippen LogP contribution is -2.14. The number of hydrogen-bond donors (Lipinski definition) is 2. The fourth-order valence-electron chi connectivity index (χ4n) is 2.06. The Bertz CT molecular complexity index is 680. The second-order valence-electron chi connectivity index (χ2n) is 5.44. The molecule has 2 aromatic rings. The van der Waals surface area contributed by atoms with E-state index in [2.05, 4.69) is 23.8 Å². The molecule has 0 saturated heterocycles. The van der Waals surface area contributed by atoms with Crippen molar-refractivity contribution in [3.05, 3.63) is 46.0 Å². The van der Waals surface area contributed by atoms with E-state index in [9.17, 15) is 9.90 Å². The number of benzene rings is 1. The average Bonchev–Trinajstić information content (AvgIpc) is 2.39. The van der Waals surface area contributed by atoms with Crippen molar-refractivity contribution in [2.24, 2.45) is 5.92 Å². The Labute approximate surface area is 128 Å². The number of nitrogens with one attached hydrogen (secondary N) is 1. The fraction of sp³-hybridized carbons (Fsp3) is 0.375. The van der Waals surface area contributed by atoms with Gasteiger partial charge in [-0.15, -0.1) is 0 Å². The van der Waals surface area contributed by atoms with Crippen LogP contribution in [0.1, 0.15) is 25.2 Å². The molecule has 112 valence electrons. The van der Waals surface area contributed by atoms with Gasteiger partial charge < -0.3 is 10.1 Å². The zero-order chi connectivity index (χ0) is 15.4. The summed E-state index contributed by atoms with van der Waals surface area (Å²) in [6, 6.07) is 7.46. The lowest BCUT2D eigenvalue weighted by molar-refractivity contribution is 0.451. The van der Waals surface area contributed by atoms with E-state index in [0.717, 1.165) is 11.3 Å². The molecular formula is C16H20N2O2S. The van der Waals surface area contributed by atoms with E-state index in [-0.39, 0.29) is 17.0 Å². The van der Waals surface area contributed by atoms with Crippen molar-refractivity contribution in [2.45, 2.75) is 26.5 Å². The van der Waals surface area contributed by atoms with Crippen LogP contribution in [0.25, 0.3) is 11.1 Å². The molecule has 0 amide bonds. The molecule has 0 spiro atoms. The summed E-state index contributed by atoms with van der Waals surface area (Å²) in [5.41, 5.74) is 1.59. The SMILES string of the molecule is Cc1ccccc1-c1c(O)nc(CSCC(C)C)[nH]c1=O. The Kier molecular flexibility index (Phi) is 5.07. The molecule has 2 rings (SSSR count). The zero-order valence-electron chi connectivity index (χ0n) is 12.5. The van der Waals surface area contributed by atoms with Gasteiger partial charge in [0, 0.05) is 0 Å². The first-order valence-corrected chi connectivity index (χ1v) is 8.10. The largest absolute Gasteiger partial charge is 0.493 e. The smallest absolute Gasteiger partial charge is 0.262 e. The standard InChI is InChI=1S/C16H20N2O2S/c1-10(2)8-21-9-13-17-15(19)14(16(20)18-13)12-7-5-4-6-11(12)3/h4-7,10H,8-9H2,1-3H3,(H2,17,18,19,20). The number of hydrogen-bond acceptors (Lipinski definition) is 4. The molecule has 0 radical (unpaired) electrons. The number of aromatic hydroxyl groups is 1. The van der Waals surface area contributed by atoms with Crippen LogP contribution in [0.5, 0.6) is 5.88 Å². The monoisotopic (exact) mass is 304 g/mol. The summed E-state index contributed by atoms with van der Waals surface area (Å²) in [4.78, 5) is 19.1. The van der Waals surface area contributed by atoms with Crippen LogP contribution in [-0.2, 0) is 5.75 Å². The van der Waals surface area contributed by atoms with Crippen LogP contribution in [0.2, 0.25) is 0 Å². The highest BCUT2D eigenvalue weighted by molar-refractivity contribution is 7.98. The van der Waals surface area contributed by atoms with E-state index in [1.807, 2.05) is 31.2 Å². The number of aryl methyl sites for hydroxylation is 1. The highest BCUT2D eigenvalue weighted by Gasteiger charge is 2.14. The molecule has 0 aliphatic carbocycles. The summed E-state index contributed by atoms with van der Waals surface area (Å²) >= 11 is 1.69. The Hall–Kier alpha value is -1.75. The highest BCUT2D eigenvalue weighted by atomic mass is 32.2. The van der Waals surface area contributed by atoms with Crippen molar-refractivity contribution in [3.63, 3.8) is 0 Å². The van der Waals surface area contributed by atoms with Crippen molar-refractivity contribution in [1.82, 2.24) is 9.97 Å². The first-order chi connectivity index (χ1) is 9.99. The van der Waals surface area contributed by atoms with Crippen molar-refractivity contribution >= 4 is 11.8 Å². The third kappa shape index (κ3) is 3.88. The van der Waals surface area contributed by atoms with Crippen LogP contribution in [0.3, 0.4) is 0 Å². The van der Waals surface area contributed by atoms with Crippen molar-refractivity contribution in [2.75, 3.05) is 5.75 Å². The maximum absolute atomic E-state index is 12.2. The van der Waals surface area contributed by atoms with Gasteiger partial charge in [-0.25, -0.2) is 0 Å². The van der Waals surface area contributed by atoms with Gasteiger partial charge in [0.15, 0.2) is 0 Å². The molecule has 1 aromatic carbocycles. The van der Waals surface area contributed by atoms with Crippen LogP contribution in [0.4, 0.5) is 0 Å². The molecule has 0 aliphatic rings. The number of nitrogens with zero attached hydrogens (tertiary/aromatic N) is 1. The summed E-state index contributed by atoms with van der Waals surface area (Å²) in [6.45, 7) is 6.18. The van der Waals surface area contributed by atoms with Gasteiger partial charge in [0.25, 0.3) is 5.56 Å². The summed E-state index contributed by atoms with van der Waals surface area (Å²) in [5.74, 6) is 2.48. The number of thioether (sulfide) groups is 1. The van der Waals surface area contributed by atoms with E-state index in [4.69, 9.17) is 0 Å². The molecule has 2 N–H and O–H groups in total. The van der Waals surface area contributed by atoms with Gasteiger partial charge in [-0.1, -0.05) is 38.1 Å². The minimum absolute atomic E-state index is 0.201. The molecule has 4 nitrogen and oxygen atoms in total. The van der Waals surface area contributed by atoms with Gasteiger partial charge in [-0.05, 0) is 29.7 Å². The third-order valence-electron chi connectivity index (χ3n) is 3.05. The van der Waals surface area contributed by atoms with Crippen LogP contribution < -0.4 is 5.56 Å². The normalized spacial score (nSPS) is 11.0. The Morgan fingerprint density at radius 2 is 2.05 bits per heavy atom. The molecule has 0 unspecified atom stereocenters. The molecule has 0 bridgehead atoms. The highest BCUT2D eigenvalue weighted by Crippen LogP contribution is 2.26. The van der Waals surface area contributed by atoms with Crippen molar-refractivity contribution < 1.29 is 5.11 Å². The molecule has 1 heterocycles. The van der Waals surface area contributed by atoms with Gasteiger partial charge >= 0.3 is 0 Å². The number of H-pyrrole nitrogens is 1. The average molecular weight is 304 g/mol. The van der Waals surface area contributed by atoms with Crippen LogP contribution in [-0.4, -0.2) is 20.8 Å². The predicted octanol–water partition coefficient (Wildman–Crippen LogP) is 3.34. The van der Waals surface area contributed by atoms with Crippen LogP contribution in [0, 0.1) is 12.8 Å². The lowest BCUT2D eigenvalue weighted by Gasteiger charge is -2.09. The third-order valence-corrected chi connectivity index (χ3v) is 4.43. The molecule has 21 heavy (non-hydrogen) atoms. The first kappa shape index (κ1) is 15.6. The molecule has 0 aliphatic heterocycles. The Morgan fingerprint density at radius 3 is 2.67 bits per heavy atom. The van der Waals surface area contributed by atoms with Gasteiger partial charge in [-0.3, -0.25) is 4.79 Å². The quantitative estimate of drug-likeness (QED) is 0.889. The molecule has 1 aromatic heterocycles. The van der Waals surface area contributed by atoms with Gasteiger partial charge in [0.05, 0.1) is 5.75 Å². The van der Waals surface area contributed by atoms with E-state index in [1.165, 1.54) is 0 Å². The Morgan fingerprint density at radius 1 is 1.33 bits per heavy atom. The molecule has 0 saturated carbocycles. The fourth-order valence-corrected chi connectivity index (χ4v) is 2.98. The maximum Gasteiger partial charge on any atom is 0.262 e. The summed E-state index contributed by atoms with van der Waals surface area (Å²) in [6.07, 6.45) is 0. The van der Waals surface area contributed by atoms with E-state index in [1.54, 1.807) is 11.8 Å². The second-order valence-corrected chi connectivity index (χ2v) is 6.47. The molecule has 0 fully saturated rings. The topological polar surface area (TPSA) is 66.0 Å². The predicted molar refractivity (Wildman–Crippen MR) is 87.7 cm³/mol. The molecule has 5 heteroatoms. The van der Waals surface area contributed by atoms with Crippen molar-refractivity contribution in [3.8, 4) is 17.0 Å². The first-order valence-electron chi connectivity index (χ1n) is 6.95. The van der Waals surface area contributed by atoms with E-state index < -0.39 is 0 Å². The van der Waals surface area contributed by atoms with Crippen LogP contribution >= 0.6 is 11.8 Å². The number of aromatic amines is 1. The summed E-state index contributed by atoms with van der Waals surface area (Å²) < 4.78 is 0. The van der Waals surface area contributed by atoms with Gasteiger partial charge in [0.2, 0.25) is 5.88 Å². The van der Waals surface area contributed by atoms with Crippen LogP contribution in [0.15, 0.2) is 29.1 Å². The van der Waals surface area contributed by atoms with Crippen molar-refractivity contribution in [1.29, 1.82) is 0 Å².